The molecule has 1 saturated heterocycles. The van der Waals surface area contributed by atoms with Gasteiger partial charge in [0.2, 0.25) is 0 Å². The van der Waals surface area contributed by atoms with E-state index in [0.29, 0.717) is 17.1 Å². The molecule has 0 radical (unpaired) electrons. The number of rotatable bonds is 3. The Hall–Kier alpha value is -3.26. The van der Waals surface area contributed by atoms with Crippen molar-refractivity contribution in [2.45, 2.75) is 6.92 Å². The van der Waals surface area contributed by atoms with Gasteiger partial charge in [-0.25, -0.2) is 4.79 Å². The summed E-state index contributed by atoms with van der Waals surface area (Å²) in [4.78, 5) is 35.3. The smallest absolute Gasteiger partial charge is 0.337 e. The van der Waals surface area contributed by atoms with Gasteiger partial charge in [-0.3, -0.25) is 20.2 Å². The molecule has 1 aliphatic heterocycles. The lowest BCUT2D eigenvalue weighted by Gasteiger charge is -2.15. The SMILES string of the molecule is COC(=O)c1ccc(-c2ccc(C=C3C(=O)NC(=S)NC3=O)o2)c(C)c1. The second-order valence-electron chi connectivity index (χ2n) is 5.52. The van der Waals surface area contributed by atoms with Gasteiger partial charge in [-0.05, 0) is 55.0 Å². The number of carbonyl (C=O) groups is 3. The van der Waals surface area contributed by atoms with Crippen molar-refractivity contribution in [2.75, 3.05) is 7.11 Å². The largest absolute Gasteiger partial charge is 0.465 e. The summed E-state index contributed by atoms with van der Waals surface area (Å²) in [6.45, 7) is 1.84. The maximum atomic E-state index is 11.9. The van der Waals surface area contributed by atoms with E-state index in [1.165, 1.54) is 13.2 Å². The topological polar surface area (TPSA) is 97.6 Å². The molecule has 0 unspecified atom stereocenters. The van der Waals surface area contributed by atoms with Crippen LogP contribution in [0.25, 0.3) is 17.4 Å². The molecule has 2 heterocycles. The third-order valence-corrected chi connectivity index (χ3v) is 3.97. The molecule has 7 nitrogen and oxygen atoms in total. The molecule has 1 aliphatic rings. The molecule has 0 saturated carbocycles. The summed E-state index contributed by atoms with van der Waals surface area (Å²) < 4.78 is 10.4. The Labute approximate surface area is 154 Å². The van der Waals surface area contributed by atoms with Crippen LogP contribution in [-0.4, -0.2) is 30.0 Å². The number of hydrogen-bond acceptors (Lipinski definition) is 6. The first-order valence-electron chi connectivity index (χ1n) is 7.56. The van der Waals surface area contributed by atoms with Crippen LogP contribution in [0.1, 0.15) is 21.7 Å². The molecule has 8 heteroatoms. The molecule has 1 aromatic carbocycles. The summed E-state index contributed by atoms with van der Waals surface area (Å²) in [5, 5.41) is 4.68. The molecular weight excluding hydrogens is 356 g/mol. The fourth-order valence-corrected chi connectivity index (χ4v) is 2.69. The average molecular weight is 370 g/mol. The summed E-state index contributed by atoms with van der Waals surface area (Å²) in [6, 6.07) is 8.44. The van der Waals surface area contributed by atoms with E-state index in [0.717, 1.165) is 11.1 Å². The fraction of sp³-hybridized carbons (Fsp3) is 0.111. The molecule has 0 bridgehead atoms. The molecule has 26 heavy (non-hydrogen) atoms. The zero-order valence-electron chi connectivity index (χ0n) is 13.9. The summed E-state index contributed by atoms with van der Waals surface area (Å²) in [5.41, 5.74) is 1.94. The lowest BCUT2D eigenvalue weighted by molar-refractivity contribution is -0.123. The second kappa shape index (κ2) is 6.93. The molecule has 0 aliphatic carbocycles. The first-order valence-corrected chi connectivity index (χ1v) is 7.97. The Morgan fingerprint density at radius 1 is 1.15 bits per heavy atom. The number of aryl methyl sites for hydroxylation is 1. The van der Waals surface area contributed by atoms with Gasteiger partial charge >= 0.3 is 5.97 Å². The normalized spacial score (nSPS) is 13.9. The minimum absolute atomic E-state index is 0.0291. The van der Waals surface area contributed by atoms with Crippen LogP contribution in [-0.2, 0) is 14.3 Å². The molecular formula is C18H14N2O5S. The second-order valence-corrected chi connectivity index (χ2v) is 5.93. The van der Waals surface area contributed by atoms with Gasteiger partial charge in [0.15, 0.2) is 5.11 Å². The van der Waals surface area contributed by atoms with Gasteiger partial charge in [-0.1, -0.05) is 6.07 Å². The van der Waals surface area contributed by atoms with E-state index in [1.807, 2.05) is 6.92 Å². The maximum absolute atomic E-state index is 11.9. The lowest BCUT2D eigenvalue weighted by Crippen LogP contribution is -2.51. The Bertz CT molecular complexity index is 952. The highest BCUT2D eigenvalue weighted by Gasteiger charge is 2.26. The van der Waals surface area contributed by atoms with Gasteiger partial charge in [0.05, 0.1) is 12.7 Å². The van der Waals surface area contributed by atoms with Crippen LogP contribution < -0.4 is 10.6 Å². The number of carbonyl (C=O) groups excluding carboxylic acids is 3. The molecule has 1 fully saturated rings. The quantitative estimate of drug-likeness (QED) is 0.371. The van der Waals surface area contributed by atoms with Crippen LogP contribution in [0.4, 0.5) is 0 Å². The first-order chi connectivity index (χ1) is 12.4. The molecule has 0 spiro atoms. The standard InChI is InChI=1S/C18H14N2O5S/c1-9-7-10(17(23)24-2)3-5-12(9)14-6-4-11(25-14)8-13-15(21)19-18(26)20-16(13)22/h3-8H,1-2H3,(H2,19,20,21,22,26). The van der Waals surface area contributed by atoms with Crippen LogP contribution in [0.15, 0.2) is 40.3 Å². The van der Waals surface area contributed by atoms with Crippen molar-refractivity contribution >= 4 is 41.2 Å². The van der Waals surface area contributed by atoms with Gasteiger partial charge in [0.25, 0.3) is 11.8 Å². The third kappa shape index (κ3) is 3.40. The summed E-state index contributed by atoms with van der Waals surface area (Å²) in [7, 11) is 1.32. The number of esters is 1. The Kier molecular flexibility index (Phi) is 4.68. The number of thiocarbonyl (C=S) groups is 1. The zero-order chi connectivity index (χ0) is 18.8. The number of benzene rings is 1. The van der Waals surface area contributed by atoms with E-state index < -0.39 is 17.8 Å². The van der Waals surface area contributed by atoms with Crippen LogP contribution in [0.5, 0.6) is 0 Å². The number of methoxy groups -OCH3 is 1. The monoisotopic (exact) mass is 370 g/mol. The average Bonchev–Trinajstić information content (AvgIpc) is 3.05. The molecule has 2 amide bonds. The van der Waals surface area contributed by atoms with E-state index in [-0.39, 0.29) is 10.7 Å². The van der Waals surface area contributed by atoms with Crippen molar-refractivity contribution < 1.29 is 23.5 Å². The molecule has 0 atom stereocenters. The van der Waals surface area contributed by atoms with Crippen molar-refractivity contribution in [1.29, 1.82) is 0 Å². The number of furan rings is 1. The number of ether oxygens (including phenoxy) is 1. The first kappa shape index (κ1) is 17.6. The van der Waals surface area contributed by atoms with Crippen LogP contribution in [0.3, 0.4) is 0 Å². The highest BCUT2D eigenvalue weighted by atomic mass is 32.1. The third-order valence-electron chi connectivity index (χ3n) is 3.77. The van der Waals surface area contributed by atoms with Crippen molar-refractivity contribution in [3.63, 3.8) is 0 Å². The molecule has 2 aromatic rings. The summed E-state index contributed by atoms with van der Waals surface area (Å²) >= 11 is 4.75. The maximum Gasteiger partial charge on any atom is 0.337 e. The van der Waals surface area contributed by atoms with E-state index in [4.69, 9.17) is 21.4 Å². The predicted octanol–water partition coefficient (Wildman–Crippen LogP) is 1.96. The van der Waals surface area contributed by atoms with Crippen molar-refractivity contribution in [3.05, 3.63) is 52.8 Å². The number of hydrogen-bond donors (Lipinski definition) is 2. The van der Waals surface area contributed by atoms with Gasteiger partial charge in [0, 0.05) is 5.56 Å². The predicted molar refractivity (Wildman–Crippen MR) is 97.1 cm³/mol. The molecule has 132 valence electrons. The van der Waals surface area contributed by atoms with Gasteiger partial charge in [-0.15, -0.1) is 0 Å². The van der Waals surface area contributed by atoms with Gasteiger partial charge in [0.1, 0.15) is 17.1 Å². The van der Waals surface area contributed by atoms with Crippen molar-refractivity contribution in [3.8, 4) is 11.3 Å². The highest BCUT2D eigenvalue weighted by molar-refractivity contribution is 7.80. The highest BCUT2D eigenvalue weighted by Crippen LogP contribution is 2.27. The zero-order valence-corrected chi connectivity index (χ0v) is 14.7. The Morgan fingerprint density at radius 3 is 2.46 bits per heavy atom. The summed E-state index contributed by atoms with van der Waals surface area (Å²) in [6.07, 6.45) is 1.34. The van der Waals surface area contributed by atoms with E-state index in [9.17, 15) is 14.4 Å². The van der Waals surface area contributed by atoms with Gasteiger partial charge < -0.3 is 9.15 Å². The minimum Gasteiger partial charge on any atom is -0.465 e. The van der Waals surface area contributed by atoms with Gasteiger partial charge in [-0.2, -0.15) is 0 Å². The fourth-order valence-electron chi connectivity index (χ4n) is 2.51. The van der Waals surface area contributed by atoms with Crippen LogP contribution in [0, 0.1) is 6.92 Å². The Balaban J connectivity index is 1.90. The molecule has 3 rings (SSSR count). The van der Waals surface area contributed by atoms with Crippen molar-refractivity contribution in [1.82, 2.24) is 10.6 Å². The van der Waals surface area contributed by atoms with Crippen molar-refractivity contribution in [2.24, 2.45) is 0 Å². The number of amides is 2. The lowest BCUT2D eigenvalue weighted by atomic mass is 10.0. The molecule has 2 N–H and O–H groups in total. The van der Waals surface area contributed by atoms with Crippen LogP contribution in [0.2, 0.25) is 0 Å². The van der Waals surface area contributed by atoms with Crippen LogP contribution >= 0.6 is 12.2 Å². The minimum atomic E-state index is -0.588. The van der Waals surface area contributed by atoms with E-state index in [2.05, 4.69) is 10.6 Å². The number of nitrogens with one attached hydrogen (secondary N) is 2. The van der Waals surface area contributed by atoms with E-state index >= 15 is 0 Å². The molecule has 1 aromatic heterocycles. The summed E-state index contributed by atoms with van der Waals surface area (Å²) in [5.74, 6) is -0.718. The van der Waals surface area contributed by atoms with E-state index in [1.54, 1.807) is 30.3 Å². The Morgan fingerprint density at radius 2 is 1.85 bits per heavy atom.